The molecule has 0 saturated heterocycles. The van der Waals surface area contributed by atoms with Crippen molar-refractivity contribution in [1.29, 1.82) is 0 Å². The number of aryl methyl sites for hydroxylation is 4. The minimum atomic E-state index is -0.550. The molecular formula is C54H49ClN12O3S. The first-order chi connectivity index (χ1) is 34.5. The highest BCUT2D eigenvalue weighted by atomic mass is 35.5. The lowest BCUT2D eigenvalue weighted by Crippen LogP contribution is -2.27. The van der Waals surface area contributed by atoms with Crippen LogP contribution in [0.15, 0.2) is 109 Å². The van der Waals surface area contributed by atoms with Crippen LogP contribution < -0.4 is 16.0 Å². The third-order valence-electron chi connectivity index (χ3n) is 13.4. The van der Waals surface area contributed by atoms with Crippen LogP contribution in [-0.4, -0.2) is 75.4 Å². The van der Waals surface area contributed by atoms with E-state index in [0.29, 0.717) is 53.7 Å². The molecule has 0 fully saturated rings. The van der Waals surface area contributed by atoms with Gasteiger partial charge < -0.3 is 20.5 Å². The van der Waals surface area contributed by atoms with Crippen molar-refractivity contribution < 1.29 is 14.4 Å². The average molecular weight is 982 g/mol. The van der Waals surface area contributed by atoms with Crippen molar-refractivity contribution >= 4 is 74.0 Å². The Morgan fingerprint density at radius 3 is 2.49 bits per heavy atom. The van der Waals surface area contributed by atoms with E-state index in [9.17, 15) is 14.4 Å². The van der Waals surface area contributed by atoms with Crippen molar-refractivity contribution in [2.24, 2.45) is 12.0 Å². The van der Waals surface area contributed by atoms with E-state index in [4.69, 9.17) is 26.6 Å². The van der Waals surface area contributed by atoms with Crippen LogP contribution in [0, 0.1) is 20.8 Å². The first kappa shape index (κ1) is 45.6. The Hall–Kier alpha value is -7.82. The zero-order valence-electron chi connectivity index (χ0n) is 39.6. The van der Waals surface area contributed by atoms with E-state index < -0.39 is 6.04 Å². The highest BCUT2D eigenvalue weighted by Crippen LogP contribution is 2.41. The summed E-state index contributed by atoms with van der Waals surface area (Å²) in [5.74, 6) is 1.75. The number of hydrogen-bond acceptors (Lipinski definition) is 10. The fourth-order valence-corrected chi connectivity index (χ4v) is 10.9. The largest absolute Gasteiger partial charge is 0.356 e. The standard InChI is InChI=1S/C54H49ClN12O3S/c1-30-31(2)71-54-49(30)50(33-12-16-36(55)17-13-33)61-44(52-64-63-32(3)66(52)54)27-48(69)57-22-8-5-9-23-58-53(70)35-14-20-45-42(25-35)62-51(67(45)37-18-19-40-34(24-37)15-21-47(68)60-40)39-26-43(46-28-56-29-65(46)4)59-41-11-7-6-10-38(39)41/h6-7,10-14,16-20,24-26,28-29,44H,5,8-9,15,21-23,27H2,1-4H3,(H,57,69)(H,58,70)(H,60,68)/t44-/m0/s1. The van der Waals surface area contributed by atoms with Crippen LogP contribution in [0.25, 0.3) is 55.4 Å². The van der Waals surface area contributed by atoms with Gasteiger partial charge in [-0.2, -0.15) is 0 Å². The molecule has 2 aliphatic rings. The summed E-state index contributed by atoms with van der Waals surface area (Å²) < 4.78 is 6.11. The van der Waals surface area contributed by atoms with Gasteiger partial charge in [0.05, 0.1) is 52.6 Å². The van der Waals surface area contributed by atoms with Gasteiger partial charge in [0.25, 0.3) is 5.91 Å². The van der Waals surface area contributed by atoms with Gasteiger partial charge in [0, 0.05) is 75.5 Å². The molecule has 0 bridgehead atoms. The van der Waals surface area contributed by atoms with Crippen molar-refractivity contribution in [2.75, 3.05) is 18.4 Å². The van der Waals surface area contributed by atoms with Crippen molar-refractivity contribution in [3.63, 3.8) is 0 Å². The van der Waals surface area contributed by atoms with Crippen molar-refractivity contribution in [2.45, 2.75) is 65.3 Å². The number of unbranched alkanes of at least 4 members (excludes halogenated alkanes) is 2. The van der Waals surface area contributed by atoms with Gasteiger partial charge in [0.2, 0.25) is 11.8 Å². The first-order valence-corrected chi connectivity index (χ1v) is 24.9. The number of aliphatic imine (C=N–C) groups is 1. The predicted octanol–water partition coefficient (Wildman–Crippen LogP) is 9.75. The van der Waals surface area contributed by atoms with Crippen LogP contribution in [0.1, 0.15) is 87.3 Å². The lowest BCUT2D eigenvalue weighted by atomic mass is 9.99. The number of carbonyl (C=O) groups is 3. The molecule has 71 heavy (non-hydrogen) atoms. The van der Waals surface area contributed by atoms with Gasteiger partial charge in [0.1, 0.15) is 22.7 Å². The maximum Gasteiger partial charge on any atom is 0.251 e. The summed E-state index contributed by atoms with van der Waals surface area (Å²) in [6.45, 7) is 7.09. The number of rotatable bonds is 13. The summed E-state index contributed by atoms with van der Waals surface area (Å²) in [5, 5.41) is 20.7. The number of para-hydroxylation sites is 1. The molecule has 2 aliphatic heterocycles. The summed E-state index contributed by atoms with van der Waals surface area (Å²) in [6, 6.07) is 28.8. The number of aromatic nitrogens is 8. The molecule has 4 aromatic carbocycles. The molecule has 3 amide bonds. The molecule has 9 aromatic rings. The monoisotopic (exact) mass is 980 g/mol. The van der Waals surface area contributed by atoms with Gasteiger partial charge in [-0.25, -0.2) is 15.0 Å². The van der Waals surface area contributed by atoms with E-state index in [0.717, 1.165) is 103 Å². The molecule has 0 radical (unpaired) electrons. The maximum absolute atomic E-state index is 13.7. The van der Waals surface area contributed by atoms with Crippen LogP contribution in [0.4, 0.5) is 5.69 Å². The van der Waals surface area contributed by atoms with Crippen LogP contribution in [0.5, 0.6) is 0 Å². The van der Waals surface area contributed by atoms with Gasteiger partial charge in [-0.1, -0.05) is 41.9 Å². The second-order valence-corrected chi connectivity index (χ2v) is 19.7. The van der Waals surface area contributed by atoms with Crippen molar-refractivity contribution in [3.05, 3.63) is 153 Å². The normalized spacial score (nSPS) is 14.1. The summed E-state index contributed by atoms with van der Waals surface area (Å²) in [6.07, 6.45) is 6.98. The van der Waals surface area contributed by atoms with E-state index in [1.807, 2.05) is 102 Å². The molecule has 3 N–H and O–H groups in total. The number of anilines is 1. The average Bonchev–Trinajstić information content (AvgIpc) is 4.14. The second kappa shape index (κ2) is 18.8. The fraction of sp³-hybridized carbons (Fsp3) is 0.241. The Bertz CT molecular complexity index is 3620. The van der Waals surface area contributed by atoms with Crippen LogP contribution >= 0.6 is 22.9 Å². The quantitative estimate of drug-likeness (QED) is 0.0956. The molecular weight excluding hydrogens is 932 g/mol. The molecule has 0 spiro atoms. The number of fused-ring (bicyclic) bond motifs is 6. The topological polar surface area (TPSA) is 179 Å². The zero-order chi connectivity index (χ0) is 48.9. The highest BCUT2D eigenvalue weighted by Gasteiger charge is 2.32. The Kier molecular flexibility index (Phi) is 12.1. The Morgan fingerprint density at radius 2 is 1.68 bits per heavy atom. The first-order valence-electron chi connectivity index (χ1n) is 23.7. The Balaban J connectivity index is 0.773. The predicted molar refractivity (Wildman–Crippen MR) is 278 cm³/mol. The molecule has 15 nitrogen and oxygen atoms in total. The third-order valence-corrected chi connectivity index (χ3v) is 14.8. The van der Waals surface area contributed by atoms with E-state index >= 15 is 0 Å². The van der Waals surface area contributed by atoms with E-state index in [1.54, 1.807) is 23.9 Å². The summed E-state index contributed by atoms with van der Waals surface area (Å²) in [4.78, 5) is 60.5. The van der Waals surface area contributed by atoms with Crippen molar-refractivity contribution in [1.82, 2.24) is 49.5 Å². The van der Waals surface area contributed by atoms with Gasteiger partial charge in [0.15, 0.2) is 5.82 Å². The number of nitrogens with zero attached hydrogens (tertiary/aromatic N) is 9. The molecule has 5 aromatic heterocycles. The molecule has 0 unspecified atom stereocenters. The minimum Gasteiger partial charge on any atom is -0.356 e. The number of halogens is 1. The minimum absolute atomic E-state index is 0.00707. The number of carbonyl (C=O) groups excluding carboxylic acids is 3. The summed E-state index contributed by atoms with van der Waals surface area (Å²) >= 11 is 7.95. The Morgan fingerprint density at radius 1 is 0.859 bits per heavy atom. The van der Waals surface area contributed by atoms with Gasteiger partial charge in [-0.3, -0.25) is 28.5 Å². The van der Waals surface area contributed by atoms with E-state index in [2.05, 4.69) is 61.7 Å². The number of amides is 3. The van der Waals surface area contributed by atoms with Gasteiger partial charge >= 0.3 is 0 Å². The number of pyridine rings is 1. The molecule has 1 atom stereocenters. The zero-order valence-corrected chi connectivity index (χ0v) is 41.2. The molecule has 0 saturated carbocycles. The Labute approximate surface area is 418 Å². The molecule has 0 aliphatic carbocycles. The van der Waals surface area contributed by atoms with Crippen LogP contribution in [-0.2, 0) is 23.1 Å². The number of thiophene rings is 1. The lowest BCUT2D eigenvalue weighted by Gasteiger charge is -2.19. The smallest absolute Gasteiger partial charge is 0.251 e. The molecule has 356 valence electrons. The maximum atomic E-state index is 13.7. The molecule has 7 heterocycles. The molecule has 11 rings (SSSR count). The van der Waals surface area contributed by atoms with Gasteiger partial charge in [-0.05, 0) is 118 Å². The third kappa shape index (κ3) is 8.67. The SMILES string of the molecule is Cc1sc2c(c1C)C(c1ccc(Cl)cc1)=N[C@@H](CC(=O)NCCCCCNC(=O)c1ccc3c(c1)nc(-c1cc(-c4cncn4C)nc4ccccc14)n3-c1ccc3c(c1)CCC(=O)N3)c1nnc(C)n1-2. The van der Waals surface area contributed by atoms with Crippen LogP contribution in [0.3, 0.4) is 0 Å². The highest BCUT2D eigenvalue weighted by molar-refractivity contribution is 7.15. The lowest BCUT2D eigenvalue weighted by molar-refractivity contribution is -0.121. The van der Waals surface area contributed by atoms with Gasteiger partial charge in [-0.15, -0.1) is 21.5 Å². The number of benzene rings is 4. The number of nitrogens with one attached hydrogen (secondary N) is 3. The number of hydrogen-bond donors (Lipinski definition) is 3. The number of imidazole rings is 2. The van der Waals surface area contributed by atoms with E-state index in [1.165, 1.54) is 4.88 Å². The molecule has 17 heteroatoms. The fourth-order valence-electron chi connectivity index (χ4n) is 9.61. The van der Waals surface area contributed by atoms with Crippen LogP contribution in [0.2, 0.25) is 5.02 Å². The van der Waals surface area contributed by atoms with E-state index in [-0.39, 0.29) is 24.1 Å². The summed E-state index contributed by atoms with van der Waals surface area (Å²) in [5.41, 5.74) is 11.9. The summed E-state index contributed by atoms with van der Waals surface area (Å²) in [7, 11) is 1.94. The van der Waals surface area contributed by atoms with Crippen molar-refractivity contribution in [3.8, 4) is 33.5 Å². The second-order valence-electron chi connectivity index (χ2n) is 18.1.